The van der Waals surface area contributed by atoms with Crippen LogP contribution < -0.4 is 0 Å². The van der Waals surface area contributed by atoms with E-state index in [9.17, 15) is 0 Å². The number of halogens is 1. The van der Waals surface area contributed by atoms with Crippen molar-refractivity contribution >= 4 is 27.0 Å². The Labute approximate surface area is 132 Å². The summed E-state index contributed by atoms with van der Waals surface area (Å²) in [7, 11) is 0. The highest BCUT2D eigenvalue weighted by Crippen LogP contribution is 2.23. The van der Waals surface area contributed by atoms with Crippen LogP contribution >= 0.6 is 15.9 Å². The molecule has 0 aliphatic carbocycles. The van der Waals surface area contributed by atoms with Gasteiger partial charge in [0.15, 0.2) is 0 Å². The molecule has 1 heterocycles. The van der Waals surface area contributed by atoms with E-state index in [1.165, 1.54) is 5.56 Å². The topological polar surface area (TPSA) is 38.1 Å². The van der Waals surface area contributed by atoms with E-state index in [0.29, 0.717) is 0 Å². The van der Waals surface area contributed by atoms with Crippen molar-refractivity contribution in [2.24, 2.45) is 0 Å². The minimum atomic E-state index is 0.193. The largest absolute Gasteiger partial charge is 0.396 e. The van der Waals surface area contributed by atoms with Crippen molar-refractivity contribution in [1.29, 1.82) is 0 Å². The lowest BCUT2D eigenvalue weighted by Crippen LogP contribution is -2.06. The number of imidazole rings is 1. The first-order chi connectivity index (χ1) is 10.3. The Morgan fingerprint density at radius 3 is 2.67 bits per heavy atom. The van der Waals surface area contributed by atoms with Gasteiger partial charge in [-0.15, -0.1) is 0 Å². The molecule has 0 bridgehead atoms. The Kier molecular flexibility index (Phi) is 4.36. The number of aliphatic hydroxyl groups excluding tert-OH is 1. The fraction of sp³-hybridized carbons (Fsp3) is 0.235. The minimum Gasteiger partial charge on any atom is -0.396 e. The summed E-state index contributed by atoms with van der Waals surface area (Å²) in [6, 6.07) is 16.5. The molecule has 108 valence electrons. The Morgan fingerprint density at radius 2 is 1.90 bits per heavy atom. The first-order valence-electron chi connectivity index (χ1n) is 7.07. The van der Waals surface area contributed by atoms with Crippen LogP contribution in [0.25, 0.3) is 11.0 Å². The molecule has 1 aromatic heterocycles. The first-order valence-corrected chi connectivity index (χ1v) is 7.86. The molecule has 0 atom stereocenters. The summed E-state index contributed by atoms with van der Waals surface area (Å²) in [4.78, 5) is 4.72. The maximum atomic E-state index is 9.08. The van der Waals surface area contributed by atoms with Crippen molar-refractivity contribution in [3.8, 4) is 0 Å². The predicted octanol–water partition coefficient (Wildman–Crippen LogP) is 3.77. The second-order valence-corrected chi connectivity index (χ2v) is 5.98. The van der Waals surface area contributed by atoms with E-state index in [4.69, 9.17) is 10.1 Å². The van der Waals surface area contributed by atoms with Gasteiger partial charge in [0, 0.05) is 24.0 Å². The lowest BCUT2D eigenvalue weighted by Gasteiger charge is -2.09. The smallest absolute Gasteiger partial charge is 0.110 e. The van der Waals surface area contributed by atoms with Crippen LogP contribution in [0.5, 0.6) is 0 Å². The molecule has 0 spiro atoms. The van der Waals surface area contributed by atoms with Crippen LogP contribution in [0.3, 0.4) is 0 Å². The summed E-state index contributed by atoms with van der Waals surface area (Å²) in [6.45, 7) is 0.993. The van der Waals surface area contributed by atoms with Gasteiger partial charge in [0.2, 0.25) is 0 Å². The van der Waals surface area contributed by atoms with Gasteiger partial charge < -0.3 is 9.67 Å². The predicted molar refractivity (Wildman–Crippen MR) is 88.4 cm³/mol. The molecule has 3 nitrogen and oxygen atoms in total. The molecule has 0 radical (unpaired) electrons. The minimum absolute atomic E-state index is 0.193. The second-order valence-electron chi connectivity index (χ2n) is 5.06. The van der Waals surface area contributed by atoms with Gasteiger partial charge in [-0.3, -0.25) is 0 Å². The highest BCUT2D eigenvalue weighted by atomic mass is 79.9. The van der Waals surface area contributed by atoms with Gasteiger partial charge in [-0.1, -0.05) is 46.3 Å². The molecular weight excluding hydrogens is 328 g/mol. The molecule has 2 aromatic carbocycles. The molecule has 21 heavy (non-hydrogen) atoms. The Balaban J connectivity index is 2.05. The summed E-state index contributed by atoms with van der Waals surface area (Å²) < 4.78 is 3.29. The summed E-state index contributed by atoms with van der Waals surface area (Å²) in [5.74, 6) is 1.03. The highest BCUT2D eigenvalue weighted by Gasteiger charge is 2.11. The number of hydrogen-bond acceptors (Lipinski definition) is 2. The molecule has 0 fully saturated rings. The molecule has 1 N–H and O–H groups in total. The van der Waals surface area contributed by atoms with Crippen molar-refractivity contribution in [1.82, 2.24) is 9.55 Å². The highest BCUT2D eigenvalue weighted by molar-refractivity contribution is 9.10. The Bertz CT molecular complexity index is 737. The molecule has 0 unspecified atom stereocenters. The third-order valence-corrected chi connectivity index (χ3v) is 4.02. The third kappa shape index (κ3) is 3.17. The van der Waals surface area contributed by atoms with E-state index in [1.54, 1.807) is 0 Å². The summed E-state index contributed by atoms with van der Waals surface area (Å²) in [5.41, 5.74) is 3.38. The SMILES string of the molecule is OCCCc1nc2ccc(Br)cc2n1Cc1ccccc1. The quantitative estimate of drug-likeness (QED) is 0.764. The van der Waals surface area contributed by atoms with Crippen molar-refractivity contribution in [2.75, 3.05) is 6.61 Å². The summed E-state index contributed by atoms with van der Waals surface area (Å²) in [5, 5.41) is 9.08. The lowest BCUT2D eigenvalue weighted by atomic mass is 10.2. The van der Waals surface area contributed by atoms with Crippen molar-refractivity contribution in [3.63, 3.8) is 0 Å². The maximum absolute atomic E-state index is 9.08. The van der Waals surface area contributed by atoms with Gasteiger partial charge >= 0.3 is 0 Å². The molecule has 3 rings (SSSR count). The van der Waals surface area contributed by atoms with E-state index in [1.807, 2.05) is 18.2 Å². The number of aromatic nitrogens is 2. The van der Waals surface area contributed by atoms with Crippen molar-refractivity contribution in [2.45, 2.75) is 19.4 Å². The summed E-state index contributed by atoms with van der Waals surface area (Å²) in [6.07, 6.45) is 1.52. The van der Waals surface area contributed by atoms with E-state index in [-0.39, 0.29) is 6.61 Å². The third-order valence-electron chi connectivity index (χ3n) is 3.53. The van der Waals surface area contributed by atoms with Crippen LogP contribution in [-0.2, 0) is 13.0 Å². The van der Waals surface area contributed by atoms with Crippen LogP contribution in [-0.4, -0.2) is 21.3 Å². The lowest BCUT2D eigenvalue weighted by molar-refractivity contribution is 0.287. The monoisotopic (exact) mass is 344 g/mol. The number of aryl methyl sites for hydroxylation is 1. The number of rotatable bonds is 5. The van der Waals surface area contributed by atoms with Crippen LogP contribution in [0, 0.1) is 0 Å². The average molecular weight is 345 g/mol. The van der Waals surface area contributed by atoms with Gasteiger partial charge in [-0.05, 0) is 30.2 Å². The van der Waals surface area contributed by atoms with Crippen LogP contribution in [0.15, 0.2) is 53.0 Å². The van der Waals surface area contributed by atoms with Gasteiger partial charge in [0.05, 0.1) is 11.0 Å². The number of fused-ring (bicyclic) bond motifs is 1. The van der Waals surface area contributed by atoms with E-state index >= 15 is 0 Å². The zero-order valence-electron chi connectivity index (χ0n) is 11.7. The zero-order valence-corrected chi connectivity index (χ0v) is 13.3. The van der Waals surface area contributed by atoms with Crippen molar-refractivity contribution in [3.05, 3.63) is 64.4 Å². The fourth-order valence-electron chi connectivity index (χ4n) is 2.52. The van der Waals surface area contributed by atoms with E-state index in [2.05, 4.69) is 50.8 Å². The van der Waals surface area contributed by atoms with Gasteiger partial charge in [-0.25, -0.2) is 4.98 Å². The van der Waals surface area contributed by atoms with Gasteiger partial charge in [0.25, 0.3) is 0 Å². The molecule has 0 saturated heterocycles. The molecule has 0 aliphatic heterocycles. The number of benzene rings is 2. The average Bonchev–Trinajstić information content (AvgIpc) is 2.84. The van der Waals surface area contributed by atoms with Crippen LogP contribution in [0.4, 0.5) is 0 Å². The van der Waals surface area contributed by atoms with Crippen LogP contribution in [0.1, 0.15) is 17.8 Å². The molecular formula is C17H17BrN2O. The number of nitrogens with zero attached hydrogens (tertiary/aromatic N) is 2. The Hall–Kier alpha value is -1.65. The molecule has 0 aliphatic rings. The van der Waals surface area contributed by atoms with E-state index < -0.39 is 0 Å². The molecule has 0 amide bonds. The second kappa shape index (κ2) is 6.41. The van der Waals surface area contributed by atoms with Crippen molar-refractivity contribution < 1.29 is 5.11 Å². The summed E-state index contributed by atoms with van der Waals surface area (Å²) >= 11 is 3.53. The van der Waals surface area contributed by atoms with E-state index in [0.717, 1.165) is 40.7 Å². The number of aliphatic hydroxyl groups is 1. The molecule has 3 aromatic rings. The fourth-order valence-corrected chi connectivity index (χ4v) is 2.87. The van der Waals surface area contributed by atoms with Crippen LogP contribution in [0.2, 0.25) is 0 Å². The molecule has 0 saturated carbocycles. The normalized spacial score (nSPS) is 11.1. The molecule has 4 heteroatoms. The Morgan fingerprint density at radius 1 is 1.10 bits per heavy atom. The number of hydrogen-bond donors (Lipinski definition) is 1. The zero-order chi connectivity index (χ0) is 14.7. The van der Waals surface area contributed by atoms with Gasteiger partial charge in [0.1, 0.15) is 5.82 Å². The maximum Gasteiger partial charge on any atom is 0.110 e. The standard InChI is InChI=1S/C17H17BrN2O/c18-14-8-9-15-16(11-14)20(17(19-15)7-4-10-21)12-13-5-2-1-3-6-13/h1-3,5-6,8-9,11,21H,4,7,10,12H2. The first kappa shape index (κ1) is 14.3. The van der Waals surface area contributed by atoms with Gasteiger partial charge in [-0.2, -0.15) is 0 Å².